The standard InChI is InChI=1S/C15H20FN/c1-4-5-11-17-13(3)15(16)12(2)7-6-8-14-9-10-14/h4-7,11,14H,2,8-10H2,1,3H3/b5-4+,7-6+,15-13+,17-11-. The van der Waals surface area contributed by atoms with Crippen LogP contribution in [0.25, 0.3) is 0 Å². The van der Waals surface area contributed by atoms with Crippen LogP contribution >= 0.6 is 0 Å². The van der Waals surface area contributed by atoms with Crippen molar-refractivity contribution in [3.05, 3.63) is 48.0 Å². The van der Waals surface area contributed by atoms with E-state index in [2.05, 4.69) is 11.6 Å². The molecule has 0 aromatic rings. The van der Waals surface area contributed by atoms with Gasteiger partial charge in [0.05, 0.1) is 5.70 Å². The molecule has 0 unspecified atom stereocenters. The predicted molar refractivity (Wildman–Crippen MR) is 72.7 cm³/mol. The summed E-state index contributed by atoms with van der Waals surface area (Å²) < 4.78 is 13.7. The molecule has 0 aromatic carbocycles. The minimum atomic E-state index is -0.335. The van der Waals surface area contributed by atoms with E-state index >= 15 is 0 Å². The highest BCUT2D eigenvalue weighted by atomic mass is 19.1. The number of aliphatic imine (C=N–C) groups is 1. The first kappa shape index (κ1) is 13.6. The second-order valence-electron chi connectivity index (χ2n) is 4.31. The van der Waals surface area contributed by atoms with E-state index in [1.807, 2.05) is 19.1 Å². The van der Waals surface area contributed by atoms with Crippen molar-refractivity contribution in [2.24, 2.45) is 10.9 Å². The normalized spacial score (nSPS) is 18.3. The summed E-state index contributed by atoms with van der Waals surface area (Å²) in [5.74, 6) is 0.484. The van der Waals surface area contributed by atoms with Crippen molar-refractivity contribution in [1.29, 1.82) is 0 Å². The molecule has 1 saturated carbocycles. The molecule has 92 valence electrons. The molecule has 0 bridgehead atoms. The Morgan fingerprint density at radius 1 is 1.47 bits per heavy atom. The Balaban J connectivity index is 2.52. The van der Waals surface area contributed by atoms with Crippen molar-refractivity contribution >= 4 is 6.21 Å². The van der Waals surface area contributed by atoms with Gasteiger partial charge in [-0.25, -0.2) is 4.39 Å². The molecule has 1 rings (SSSR count). The third-order valence-corrected chi connectivity index (χ3v) is 2.63. The van der Waals surface area contributed by atoms with E-state index in [1.165, 1.54) is 12.8 Å². The topological polar surface area (TPSA) is 12.4 Å². The van der Waals surface area contributed by atoms with E-state index in [1.54, 1.807) is 25.3 Å². The molecule has 2 heteroatoms. The molecule has 0 aliphatic heterocycles. The summed E-state index contributed by atoms with van der Waals surface area (Å²) in [6, 6.07) is 0. The first-order valence-corrected chi connectivity index (χ1v) is 6.02. The monoisotopic (exact) mass is 233 g/mol. The summed E-state index contributed by atoms with van der Waals surface area (Å²) in [5, 5.41) is 0. The minimum absolute atomic E-state index is 0.335. The molecule has 0 spiro atoms. The Kier molecular flexibility index (Phi) is 5.61. The van der Waals surface area contributed by atoms with E-state index in [9.17, 15) is 4.39 Å². The summed E-state index contributed by atoms with van der Waals surface area (Å²) in [6.45, 7) is 7.25. The highest BCUT2D eigenvalue weighted by Crippen LogP contribution is 2.32. The Bertz CT molecular complexity index is 382. The summed E-state index contributed by atoms with van der Waals surface area (Å²) in [5.41, 5.74) is 0.768. The predicted octanol–water partition coefficient (Wildman–Crippen LogP) is 4.75. The van der Waals surface area contributed by atoms with E-state index in [4.69, 9.17) is 0 Å². The van der Waals surface area contributed by atoms with E-state index < -0.39 is 0 Å². The van der Waals surface area contributed by atoms with Gasteiger partial charge in [0.2, 0.25) is 0 Å². The van der Waals surface area contributed by atoms with Gasteiger partial charge in [0.15, 0.2) is 5.83 Å². The lowest BCUT2D eigenvalue weighted by molar-refractivity contribution is 0.643. The van der Waals surface area contributed by atoms with Gasteiger partial charge in [0.25, 0.3) is 0 Å². The van der Waals surface area contributed by atoms with Gasteiger partial charge in [-0.2, -0.15) is 0 Å². The molecular weight excluding hydrogens is 213 g/mol. The van der Waals surface area contributed by atoms with E-state index in [0.717, 1.165) is 12.3 Å². The molecule has 0 atom stereocenters. The number of rotatable bonds is 6. The Morgan fingerprint density at radius 3 is 2.76 bits per heavy atom. The fourth-order valence-electron chi connectivity index (χ4n) is 1.36. The molecule has 1 fully saturated rings. The van der Waals surface area contributed by atoms with Crippen molar-refractivity contribution in [2.75, 3.05) is 0 Å². The highest BCUT2D eigenvalue weighted by molar-refractivity contribution is 5.72. The van der Waals surface area contributed by atoms with Gasteiger partial charge in [-0.15, -0.1) is 0 Å². The molecule has 1 nitrogen and oxygen atoms in total. The molecule has 0 amide bonds. The van der Waals surface area contributed by atoms with E-state index in [-0.39, 0.29) is 5.83 Å². The van der Waals surface area contributed by atoms with Crippen molar-refractivity contribution < 1.29 is 4.39 Å². The van der Waals surface area contributed by atoms with Crippen LogP contribution in [-0.2, 0) is 0 Å². The van der Waals surface area contributed by atoms with Crippen LogP contribution in [0.2, 0.25) is 0 Å². The number of allylic oxidation sites excluding steroid dienone is 7. The number of nitrogens with zero attached hydrogens (tertiary/aromatic N) is 1. The van der Waals surface area contributed by atoms with Gasteiger partial charge in [-0.05, 0) is 45.1 Å². The minimum Gasteiger partial charge on any atom is -0.259 e. The highest BCUT2D eigenvalue weighted by Gasteiger charge is 2.18. The molecule has 0 saturated heterocycles. The molecule has 0 radical (unpaired) electrons. The van der Waals surface area contributed by atoms with Crippen LogP contribution in [0.1, 0.15) is 33.1 Å². The second kappa shape index (κ2) is 7.00. The Morgan fingerprint density at radius 2 is 2.18 bits per heavy atom. The van der Waals surface area contributed by atoms with Crippen LogP contribution in [0.3, 0.4) is 0 Å². The third kappa shape index (κ3) is 5.43. The van der Waals surface area contributed by atoms with Crippen molar-refractivity contribution in [2.45, 2.75) is 33.1 Å². The van der Waals surface area contributed by atoms with Crippen LogP contribution < -0.4 is 0 Å². The van der Waals surface area contributed by atoms with Gasteiger partial charge >= 0.3 is 0 Å². The molecule has 0 aromatic heterocycles. The lowest BCUT2D eigenvalue weighted by Crippen LogP contribution is -1.83. The Labute approximate surface area is 103 Å². The summed E-state index contributed by atoms with van der Waals surface area (Å²) in [7, 11) is 0. The van der Waals surface area contributed by atoms with Gasteiger partial charge in [0.1, 0.15) is 0 Å². The van der Waals surface area contributed by atoms with Crippen LogP contribution in [0, 0.1) is 5.92 Å². The third-order valence-electron chi connectivity index (χ3n) is 2.63. The summed E-state index contributed by atoms with van der Waals surface area (Å²) in [6.07, 6.45) is 12.6. The maximum Gasteiger partial charge on any atom is 0.150 e. The smallest absolute Gasteiger partial charge is 0.150 e. The second-order valence-corrected chi connectivity index (χ2v) is 4.31. The maximum atomic E-state index is 13.7. The molecule has 17 heavy (non-hydrogen) atoms. The average Bonchev–Trinajstić information content (AvgIpc) is 3.12. The Hall–Kier alpha value is -1.44. The van der Waals surface area contributed by atoms with Gasteiger partial charge < -0.3 is 0 Å². The average molecular weight is 233 g/mol. The van der Waals surface area contributed by atoms with Gasteiger partial charge in [0, 0.05) is 11.8 Å². The quantitative estimate of drug-likeness (QED) is 0.464. The molecule has 0 N–H and O–H groups in total. The molecule has 1 aliphatic rings. The zero-order valence-corrected chi connectivity index (χ0v) is 10.6. The fraction of sp³-hybridized carbons (Fsp3) is 0.400. The molecular formula is C15H20FN. The zero-order chi connectivity index (χ0) is 12.7. The number of halogens is 1. The van der Waals surface area contributed by atoms with Gasteiger partial charge in [-0.1, -0.05) is 24.8 Å². The van der Waals surface area contributed by atoms with Crippen molar-refractivity contribution in [3.63, 3.8) is 0 Å². The van der Waals surface area contributed by atoms with Crippen molar-refractivity contribution in [3.8, 4) is 0 Å². The van der Waals surface area contributed by atoms with Crippen LogP contribution in [0.5, 0.6) is 0 Å². The number of hydrogen-bond acceptors (Lipinski definition) is 1. The molecule has 0 heterocycles. The van der Waals surface area contributed by atoms with Gasteiger partial charge in [-0.3, -0.25) is 4.99 Å². The first-order valence-electron chi connectivity index (χ1n) is 6.02. The largest absolute Gasteiger partial charge is 0.259 e. The summed E-state index contributed by atoms with van der Waals surface area (Å²) >= 11 is 0. The van der Waals surface area contributed by atoms with Crippen LogP contribution in [0.4, 0.5) is 4.39 Å². The zero-order valence-electron chi connectivity index (χ0n) is 10.6. The maximum absolute atomic E-state index is 13.7. The van der Waals surface area contributed by atoms with Crippen LogP contribution in [-0.4, -0.2) is 6.21 Å². The molecule has 1 aliphatic carbocycles. The SMILES string of the molecule is C=C(/C=C/CC1CC1)\C(F)=C(C)/N=C\C=C\C. The lowest BCUT2D eigenvalue weighted by Gasteiger charge is -1.98. The number of hydrogen-bond donors (Lipinski definition) is 0. The first-order chi connectivity index (χ1) is 8.15. The van der Waals surface area contributed by atoms with Crippen LogP contribution in [0.15, 0.2) is 53.0 Å². The van der Waals surface area contributed by atoms with Crippen molar-refractivity contribution in [1.82, 2.24) is 0 Å². The lowest BCUT2D eigenvalue weighted by atomic mass is 10.2. The van der Waals surface area contributed by atoms with E-state index in [0.29, 0.717) is 11.3 Å². The fourth-order valence-corrected chi connectivity index (χ4v) is 1.36. The summed E-state index contributed by atoms with van der Waals surface area (Å²) in [4.78, 5) is 3.99.